The maximum absolute atomic E-state index is 12.4. The number of aromatic nitrogens is 1. The molecule has 19 heavy (non-hydrogen) atoms. The Morgan fingerprint density at radius 3 is 2.16 bits per heavy atom. The third-order valence-electron chi connectivity index (χ3n) is 3.55. The molecule has 1 aromatic heterocycles. The molecule has 0 radical (unpaired) electrons. The van der Waals surface area contributed by atoms with Gasteiger partial charge in [0.2, 0.25) is 0 Å². The van der Waals surface area contributed by atoms with Gasteiger partial charge in [-0.3, -0.25) is 0 Å². The summed E-state index contributed by atoms with van der Waals surface area (Å²) in [5, 5.41) is 3.25. The van der Waals surface area contributed by atoms with Gasteiger partial charge in [-0.2, -0.15) is 13.2 Å². The topological polar surface area (TPSA) is 24.9 Å². The highest BCUT2D eigenvalue weighted by atomic mass is 19.4. The normalized spacial score (nSPS) is 18.7. The summed E-state index contributed by atoms with van der Waals surface area (Å²) in [6.07, 6.45) is 4.88. The van der Waals surface area contributed by atoms with Crippen molar-refractivity contribution >= 4 is 5.82 Å². The third-order valence-corrected chi connectivity index (χ3v) is 3.55. The fourth-order valence-electron chi connectivity index (χ4n) is 2.46. The van der Waals surface area contributed by atoms with Gasteiger partial charge in [0.1, 0.15) is 5.82 Å². The van der Waals surface area contributed by atoms with Crippen molar-refractivity contribution in [1.29, 1.82) is 0 Å². The summed E-state index contributed by atoms with van der Waals surface area (Å²) in [6.45, 7) is 0. The second-order valence-electron chi connectivity index (χ2n) is 5.12. The molecule has 1 heterocycles. The Morgan fingerprint density at radius 2 is 1.63 bits per heavy atom. The molecular weight excluding hydrogens is 253 g/mol. The number of hydrogen-bond donors (Lipinski definition) is 1. The van der Waals surface area contributed by atoms with Crippen LogP contribution in [0.15, 0.2) is 18.3 Å². The van der Waals surface area contributed by atoms with Crippen LogP contribution in [0, 0.1) is 0 Å². The quantitative estimate of drug-likeness (QED) is 0.849. The van der Waals surface area contributed by atoms with Crippen LogP contribution in [0.2, 0.25) is 0 Å². The van der Waals surface area contributed by atoms with Crippen LogP contribution >= 0.6 is 0 Å². The van der Waals surface area contributed by atoms with Crippen molar-refractivity contribution in [2.45, 2.75) is 57.2 Å². The van der Waals surface area contributed by atoms with Crippen LogP contribution in [-0.4, -0.2) is 11.0 Å². The van der Waals surface area contributed by atoms with Gasteiger partial charge < -0.3 is 5.32 Å². The minimum atomic E-state index is -4.31. The van der Waals surface area contributed by atoms with Crippen molar-refractivity contribution in [3.63, 3.8) is 0 Å². The molecular formula is C14H19F3N2. The van der Waals surface area contributed by atoms with Crippen LogP contribution in [0.25, 0.3) is 0 Å². The summed E-state index contributed by atoms with van der Waals surface area (Å²) in [4.78, 5) is 3.86. The number of pyridine rings is 1. The highest BCUT2D eigenvalue weighted by molar-refractivity contribution is 5.37. The van der Waals surface area contributed by atoms with Gasteiger partial charge in [-0.05, 0) is 25.0 Å². The Labute approximate surface area is 111 Å². The maximum Gasteiger partial charge on any atom is 0.417 e. The van der Waals surface area contributed by atoms with Gasteiger partial charge >= 0.3 is 6.18 Å². The van der Waals surface area contributed by atoms with Gasteiger partial charge in [0, 0.05) is 12.2 Å². The van der Waals surface area contributed by atoms with Gasteiger partial charge in [0.15, 0.2) is 0 Å². The Balaban J connectivity index is 1.94. The molecule has 2 nitrogen and oxygen atoms in total. The monoisotopic (exact) mass is 272 g/mol. The molecule has 0 saturated heterocycles. The van der Waals surface area contributed by atoms with Crippen LogP contribution in [-0.2, 0) is 6.18 Å². The van der Waals surface area contributed by atoms with E-state index < -0.39 is 11.7 Å². The number of rotatable bonds is 2. The highest BCUT2D eigenvalue weighted by Gasteiger charge is 2.30. The molecule has 1 aromatic rings. The molecule has 0 unspecified atom stereocenters. The smallest absolute Gasteiger partial charge is 0.367 e. The fraction of sp³-hybridized carbons (Fsp3) is 0.643. The molecule has 0 amide bonds. The van der Waals surface area contributed by atoms with E-state index in [1.54, 1.807) is 0 Å². The van der Waals surface area contributed by atoms with Gasteiger partial charge in [0.25, 0.3) is 0 Å². The van der Waals surface area contributed by atoms with E-state index in [1.165, 1.54) is 38.2 Å². The molecule has 1 aliphatic carbocycles. The number of anilines is 1. The van der Waals surface area contributed by atoms with Crippen LogP contribution < -0.4 is 5.32 Å². The molecule has 1 saturated carbocycles. The molecule has 2 rings (SSSR count). The average molecular weight is 272 g/mol. The van der Waals surface area contributed by atoms with Gasteiger partial charge in [-0.1, -0.05) is 32.1 Å². The SMILES string of the molecule is FC(F)(F)c1ccc(NC2CCCCCCC2)nc1. The number of nitrogens with one attached hydrogen (secondary N) is 1. The minimum Gasteiger partial charge on any atom is -0.367 e. The van der Waals surface area contributed by atoms with E-state index in [1.807, 2.05) is 0 Å². The third kappa shape index (κ3) is 4.40. The summed E-state index contributed by atoms with van der Waals surface area (Å²) < 4.78 is 37.2. The predicted molar refractivity (Wildman–Crippen MR) is 69.0 cm³/mol. The molecule has 5 heteroatoms. The maximum atomic E-state index is 12.4. The molecule has 1 aliphatic rings. The van der Waals surface area contributed by atoms with Crippen molar-refractivity contribution in [2.75, 3.05) is 5.32 Å². The zero-order valence-electron chi connectivity index (χ0n) is 10.8. The van der Waals surface area contributed by atoms with E-state index in [9.17, 15) is 13.2 Å². The van der Waals surface area contributed by atoms with Gasteiger partial charge in [-0.15, -0.1) is 0 Å². The second kappa shape index (κ2) is 6.26. The fourth-order valence-corrected chi connectivity index (χ4v) is 2.46. The summed E-state index contributed by atoms with van der Waals surface area (Å²) >= 11 is 0. The summed E-state index contributed by atoms with van der Waals surface area (Å²) in [5.41, 5.74) is -0.698. The van der Waals surface area contributed by atoms with Crippen LogP contribution in [0.5, 0.6) is 0 Å². The zero-order chi connectivity index (χ0) is 13.7. The van der Waals surface area contributed by atoms with Crippen LogP contribution in [0.4, 0.5) is 19.0 Å². The Morgan fingerprint density at radius 1 is 1.00 bits per heavy atom. The number of nitrogens with zero attached hydrogens (tertiary/aromatic N) is 1. The van der Waals surface area contributed by atoms with Gasteiger partial charge in [-0.25, -0.2) is 4.98 Å². The molecule has 0 aromatic carbocycles. The number of hydrogen-bond acceptors (Lipinski definition) is 2. The first-order valence-corrected chi connectivity index (χ1v) is 6.85. The predicted octanol–water partition coefficient (Wildman–Crippen LogP) is 4.63. The Hall–Kier alpha value is -1.26. The lowest BCUT2D eigenvalue weighted by Crippen LogP contribution is -2.21. The van der Waals surface area contributed by atoms with E-state index in [4.69, 9.17) is 0 Å². The first kappa shape index (κ1) is 14.2. The van der Waals surface area contributed by atoms with Crippen LogP contribution in [0.1, 0.15) is 50.5 Å². The van der Waals surface area contributed by atoms with Crippen molar-refractivity contribution in [2.24, 2.45) is 0 Å². The summed E-state index contributed by atoms with van der Waals surface area (Å²) in [5.74, 6) is 0.540. The standard InChI is InChI=1S/C14H19F3N2/c15-14(16,17)11-8-9-13(18-10-11)19-12-6-4-2-1-3-5-7-12/h8-10,12H,1-7H2,(H,18,19). The van der Waals surface area contributed by atoms with E-state index >= 15 is 0 Å². The van der Waals surface area contributed by atoms with Crippen LogP contribution in [0.3, 0.4) is 0 Å². The Bertz CT molecular complexity index is 379. The van der Waals surface area contributed by atoms with Crippen molar-refractivity contribution < 1.29 is 13.2 Å². The molecule has 1 N–H and O–H groups in total. The largest absolute Gasteiger partial charge is 0.417 e. The molecule has 0 spiro atoms. The molecule has 0 bridgehead atoms. The summed E-state index contributed by atoms with van der Waals surface area (Å²) in [7, 11) is 0. The molecule has 1 fully saturated rings. The lowest BCUT2D eigenvalue weighted by molar-refractivity contribution is -0.137. The minimum absolute atomic E-state index is 0.338. The Kier molecular flexibility index (Phi) is 4.66. The highest BCUT2D eigenvalue weighted by Crippen LogP contribution is 2.29. The lowest BCUT2D eigenvalue weighted by atomic mass is 9.97. The number of alkyl halides is 3. The first-order chi connectivity index (χ1) is 9.05. The zero-order valence-corrected chi connectivity index (χ0v) is 10.8. The van der Waals surface area contributed by atoms with Crippen molar-refractivity contribution in [1.82, 2.24) is 4.98 Å². The van der Waals surface area contributed by atoms with Crippen molar-refractivity contribution in [3.8, 4) is 0 Å². The van der Waals surface area contributed by atoms with Gasteiger partial charge in [0.05, 0.1) is 5.56 Å². The molecule has 0 atom stereocenters. The first-order valence-electron chi connectivity index (χ1n) is 6.85. The second-order valence-corrected chi connectivity index (χ2v) is 5.12. The molecule has 0 aliphatic heterocycles. The average Bonchev–Trinajstić information content (AvgIpc) is 2.32. The van der Waals surface area contributed by atoms with E-state index in [2.05, 4.69) is 10.3 Å². The van der Waals surface area contributed by atoms with E-state index in [-0.39, 0.29) is 0 Å². The molecule has 106 valence electrons. The van der Waals surface area contributed by atoms with E-state index in [0.29, 0.717) is 11.9 Å². The summed E-state index contributed by atoms with van der Waals surface area (Å²) in [6, 6.07) is 2.84. The van der Waals surface area contributed by atoms with Crippen molar-refractivity contribution in [3.05, 3.63) is 23.9 Å². The lowest BCUT2D eigenvalue weighted by Gasteiger charge is -2.21. The van der Waals surface area contributed by atoms with E-state index in [0.717, 1.165) is 25.1 Å². The number of halogens is 3.